The summed E-state index contributed by atoms with van der Waals surface area (Å²) in [6.45, 7) is 0. The maximum Gasteiger partial charge on any atom is 0.267 e. The number of nitrogens with one attached hydrogen (secondary N) is 3. The van der Waals surface area contributed by atoms with E-state index in [9.17, 15) is 9.59 Å². The van der Waals surface area contributed by atoms with E-state index in [4.69, 9.17) is 12.2 Å². The molecule has 0 spiro atoms. The van der Waals surface area contributed by atoms with E-state index in [1.54, 1.807) is 43.4 Å². The minimum Gasteiger partial charge on any atom is -0.355 e. The van der Waals surface area contributed by atoms with E-state index in [2.05, 4.69) is 16.0 Å². The molecular formula is C14H13N3O2S2. The number of carbonyl (C=O) groups excluding carboxylic acids is 2. The topological polar surface area (TPSA) is 70.2 Å². The van der Waals surface area contributed by atoms with Crippen LogP contribution in [0.15, 0.2) is 41.8 Å². The summed E-state index contributed by atoms with van der Waals surface area (Å²) in [5.41, 5.74) is 1.14. The average molecular weight is 319 g/mol. The van der Waals surface area contributed by atoms with Gasteiger partial charge in [-0.1, -0.05) is 12.1 Å². The molecule has 1 aromatic heterocycles. The van der Waals surface area contributed by atoms with Gasteiger partial charge in [-0.15, -0.1) is 11.3 Å². The Hall–Kier alpha value is -2.25. The number of amides is 2. The van der Waals surface area contributed by atoms with Gasteiger partial charge in [0.1, 0.15) is 0 Å². The van der Waals surface area contributed by atoms with Crippen molar-refractivity contribution in [2.75, 3.05) is 12.4 Å². The second-order valence-corrected chi connectivity index (χ2v) is 5.40. The van der Waals surface area contributed by atoms with Gasteiger partial charge in [-0.25, -0.2) is 0 Å². The van der Waals surface area contributed by atoms with Crippen LogP contribution >= 0.6 is 23.6 Å². The van der Waals surface area contributed by atoms with E-state index in [0.717, 1.165) is 0 Å². The van der Waals surface area contributed by atoms with E-state index in [0.29, 0.717) is 16.1 Å². The summed E-state index contributed by atoms with van der Waals surface area (Å²) < 4.78 is 0. The molecule has 0 saturated heterocycles. The molecule has 2 rings (SSSR count). The summed E-state index contributed by atoms with van der Waals surface area (Å²) in [4.78, 5) is 24.0. The lowest BCUT2D eigenvalue weighted by molar-refractivity contribution is 0.0960. The van der Waals surface area contributed by atoms with Crippen molar-refractivity contribution in [3.8, 4) is 0 Å². The summed E-state index contributed by atoms with van der Waals surface area (Å²) in [5.74, 6) is -0.447. The lowest BCUT2D eigenvalue weighted by Crippen LogP contribution is -2.33. The van der Waals surface area contributed by atoms with Crippen LogP contribution < -0.4 is 16.0 Å². The molecule has 1 heterocycles. The highest BCUT2D eigenvalue weighted by Gasteiger charge is 2.09. The zero-order valence-corrected chi connectivity index (χ0v) is 12.8. The maximum atomic E-state index is 11.8. The molecule has 2 aromatic rings. The minimum absolute atomic E-state index is 0.183. The Morgan fingerprint density at radius 2 is 1.95 bits per heavy atom. The number of benzene rings is 1. The van der Waals surface area contributed by atoms with Gasteiger partial charge in [0.05, 0.1) is 4.88 Å². The number of hydrogen-bond acceptors (Lipinski definition) is 4. The molecule has 0 aliphatic rings. The van der Waals surface area contributed by atoms with E-state index >= 15 is 0 Å². The number of rotatable bonds is 3. The first kappa shape index (κ1) is 15.1. The fourth-order valence-corrected chi connectivity index (χ4v) is 2.45. The Bertz CT molecular complexity index is 669. The molecule has 5 nitrogen and oxygen atoms in total. The molecule has 0 aliphatic heterocycles. The van der Waals surface area contributed by atoms with Crippen LogP contribution in [0.3, 0.4) is 0 Å². The van der Waals surface area contributed by atoms with Gasteiger partial charge in [-0.05, 0) is 41.9 Å². The third kappa shape index (κ3) is 4.11. The largest absolute Gasteiger partial charge is 0.355 e. The molecule has 1 aromatic carbocycles. The van der Waals surface area contributed by atoms with Crippen LogP contribution in [0.25, 0.3) is 0 Å². The highest BCUT2D eigenvalue weighted by Crippen LogP contribution is 2.11. The molecule has 0 unspecified atom stereocenters. The molecule has 3 N–H and O–H groups in total. The third-order valence-electron chi connectivity index (χ3n) is 2.58. The van der Waals surface area contributed by atoms with Gasteiger partial charge in [0, 0.05) is 18.3 Å². The van der Waals surface area contributed by atoms with Crippen LogP contribution in [-0.4, -0.2) is 24.0 Å². The van der Waals surface area contributed by atoms with Crippen molar-refractivity contribution in [2.45, 2.75) is 0 Å². The molecule has 2 amide bonds. The summed E-state index contributed by atoms with van der Waals surface area (Å²) in [7, 11) is 1.56. The van der Waals surface area contributed by atoms with Crippen LogP contribution in [0.4, 0.5) is 5.69 Å². The van der Waals surface area contributed by atoms with Crippen LogP contribution in [0.5, 0.6) is 0 Å². The zero-order chi connectivity index (χ0) is 15.2. The Balaban J connectivity index is 2.00. The zero-order valence-electron chi connectivity index (χ0n) is 11.2. The quantitative estimate of drug-likeness (QED) is 0.759. The first-order valence-electron chi connectivity index (χ1n) is 6.08. The smallest absolute Gasteiger partial charge is 0.267 e. The lowest BCUT2D eigenvalue weighted by atomic mass is 10.2. The Kier molecular flexibility index (Phi) is 5.02. The third-order valence-corrected chi connectivity index (χ3v) is 3.65. The van der Waals surface area contributed by atoms with Crippen molar-refractivity contribution in [3.05, 3.63) is 52.2 Å². The van der Waals surface area contributed by atoms with Crippen LogP contribution in [0.2, 0.25) is 0 Å². The van der Waals surface area contributed by atoms with Crippen molar-refractivity contribution in [1.82, 2.24) is 10.6 Å². The molecule has 0 radical (unpaired) electrons. The predicted molar refractivity (Wildman–Crippen MR) is 87.8 cm³/mol. The van der Waals surface area contributed by atoms with Gasteiger partial charge < -0.3 is 10.6 Å². The standard InChI is InChI=1S/C14H13N3O2S2/c1-15-12(18)9-4-2-5-10(8-9)16-14(20)17-13(19)11-6-3-7-21-11/h2-8H,1H3,(H,15,18)(H2,16,17,19,20). The highest BCUT2D eigenvalue weighted by molar-refractivity contribution is 7.80. The molecule has 0 fully saturated rings. The molecular weight excluding hydrogens is 306 g/mol. The molecule has 0 atom stereocenters. The average Bonchev–Trinajstić information content (AvgIpc) is 3.00. The molecule has 108 valence electrons. The first-order valence-corrected chi connectivity index (χ1v) is 7.37. The number of anilines is 1. The van der Waals surface area contributed by atoms with Crippen molar-refractivity contribution < 1.29 is 9.59 Å². The Labute approximate surface area is 131 Å². The van der Waals surface area contributed by atoms with Crippen molar-refractivity contribution in [1.29, 1.82) is 0 Å². The van der Waals surface area contributed by atoms with Crippen molar-refractivity contribution >= 4 is 46.2 Å². The first-order chi connectivity index (χ1) is 10.1. The Morgan fingerprint density at radius 1 is 1.14 bits per heavy atom. The Morgan fingerprint density at radius 3 is 2.62 bits per heavy atom. The van der Waals surface area contributed by atoms with Crippen molar-refractivity contribution in [3.63, 3.8) is 0 Å². The number of carbonyl (C=O) groups is 2. The fraction of sp³-hybridized carbons (Fsp3) is 0.0714. The number of thiocarbonyl (C=S) groups is 1. The summed E-state index contributed by atoms with van der Waals surface area (Å²) in [6.07, 6.45) is 0. The molecule has 7 heteroatoms. The van der Waals surface area contributed by atoms with Gasteiger partial charge in [0.25, 0.3) is 11.8 Å². The van der Waals surface area contributed by atoms with Crippen LogP contribution in [-0.2, 0) is 0 Å². The van der Waals surface area contributed by atoms with E-state index in [1.165, 1.54) is 11.3 Å². The molecule has 0 aliphatic carbocycles. The number of thiophene rings is 1. The minimum atomic E-state index is -0.259. The summed E-state index contributed by atoms with van der Waals surface area (Å²) in [5, 5.41) is 10.0. The second-order valence-electron chi connectivity index (χ2n) is 4.05. The van der Waals surface area contributed by atoms with Gasteiger partial charge in [-0.2, -0.15) is 0 Å². The monoisotopic (exact) mass is 319 g/mol. The van der Waals surface area contributed by atoms with E-state index in [-0.39, 0.29) is 16.9 Å². The fourth-order valence-electron chi connectivity index (χ4n) is 1.62. The van der Waals surface area contributed by atoms with Crippen molar-refractivity contribution in [2.24, 2.45) is 0 Å². The van der Waals surface area contributed by atoms with E-state index in [1.807, 2.05) is 5.38 Å². The van der Waals surface area contributed by atoms with E-state index < -0.39 is 0 Å². The lowest BCUT2D eigenvalue weighted by Gasteiger charge is -2.09. The SMILES string of the molecule is CNC(=O)c1cccc(NC(=S)NC(=O)c2cccs2)c1. The van der Waals surface area contributed by atoms with Crippen LogP contribution in [0.1, 0.15) is 20.0 Å². The van der Waals surface area contributed by atoms with Crippen LogP contribution in [0, 0.1) is 0 Å². The summed E-state index contributed by atoms with van der Waals surface area (Å²) in [6, 6.07) is 10.4. The maximum absolute atomic E-state index is 11.8. The highest BCUT2D eigenvalue weighted by atomic mass is 32.1. The summed E-state index contributed by atoms with van der Waals surface area (Å²) >= 11 is 6.42. The number of hydrogen-bond donors (Lipinski definition) is 3. The normalized spacial score (nSPS) is 9.76. The molecule has 0 saturated carbocycles. The second kappa shape index (κ2) is 6.96. The van der Waals surface area contributed by atoms with Gasteiger partial charge in [0.2, 0.25) is 0 Å². The molecule has 21 heavy (non-hydrogen) atoms. The molecule has 0 bridgehead atoms. The predicted octanol–water partition coefficient (Wildman–Crippen LogP) is 2.23. The van der Waals surface area contributed by atoms with Gasteiger partial charge >= 0.3 is 0 Å². The van der Waals surface area contributed by atoms with Gasteiger partial charge in [0.15, 0.2) is 5.11 Å². The van der Waals surface area contributed by atoms with Gasteiger partial charge in [-0.3, -0.25) is 14.9 Å².